The van der Waals surface area contributed by atoms with E-state index >= 15 is 0 Å². The molecule has 0 aliphatic carbocycles. The average molecular weight is 457 g/mol. The number of nitrogens with zero attached hydrogens (tertiary/aromatic N) is 2. The van der Waals surface area contributed by atoms with Crippen molar-refractivity contribution < 1.29 is 32.5 Å². The van der Waals surface area contributed by atoms with Crippen LogP contribution in [0.3, 0.4) is 0 Å². The van der Waals surface area contributed by atoms with Crippen molar-refractivity contribution in [2.24, 2.45) is 5.41 Å². The zero-order valence-corrected chi connectivity index (χ0v) is 20.0. The molecule has 1 amide bonds. The van der Waals surface area contributed by atoms with Crippen LogP contribution in [0.25, 0.3) is 0 Å². The predicted octanol–water partition coefficient (Wildman–Crippen LogP) is 1.68. The largest absolute Gasteiger partial charge is 0.460 e. The average Bonchev–Trinajstić information content (AvgIpc) is 2.69. The van der Waals surface area contributed by atoms with Gasteiger partial charge in [-0.1, -0.05) is 13.8 Å². The minimum absolute atomic E-state index is 0.0217. The number of aromatic nitrogens is 1. The van der Waals surface area contributed by atoms with Gasteiger partial charge in [-0.25, -0.2) is 4.79 Å². The van der Waals surface area contributed by atoms with Crippen molar-refractivity contribution in [3.05, 3.63) is 30.1 Å². The first-order chi connectivity index (χ1) is 14.5. The van der Waals surface area contributed by atoms with E-state index in [0.717, 1.165) is 12.0 Å². The second kappa shape index (κ2) is 12.6. The summed E-state index contributed by atoms with van der Waals surface area (Å²) in [6, 6.07) is 3.17. The van der Waals surface area contributed by atoms with Crippen LogP contribution in [0.5, 0.6) is 0 Å². The van der Waals surface area contributed by atoms with Crippen molar-refractivity contribution >= 4 is 29.9 Å². The lowest BCUT2D eigenvalue weighted by molar-refractivity contribution is -0.870. The maximum Gasteiger partial charge on any atom is 0.340 e. The Bertz CT molecular complexity index is 722. The summed E-state index contributed by atoms with van der Waals surface area (Å²) in [5, 5.41) is 2.66. The molecule has 0 saturated heterocycles. The van der Waals surface area contributed by atoms with Crippen LogP contribution in [-0.2, 0) is 23.2 Å². The van der Waals surface area contributed by atoms with Gasteiger partial charge >= 0.3 is 11.9 Å². The van der Waals surface area contributed by atoms with E-state index in [-0.39, 0.29) is 25.1 Å². The lowest BCUT2D eigenvalue weighted by Gasteiger charge is -2.32. The first kappa shape index (κ1) is 26.9. The molecule has 1 aromatic heterocycles. The van der Waals surface area contributed by atoms with Gasteiger partial charge in [0, 0.05) is 30.6 Å². The summed E-state index contributed by atoms with van der Waals surface area (Å²) in [6.45, 7) is 4.78. The summed E-state index contributed by atoms with van der Waals surface area (Å²) < 4.78 is 16.8. The van der Waals surface area contributed by atoms with Gasteiger partial charge in [0.15, 0.2) is 6.10 Å². The highest BCUT2D eigenvalue weighted by atomic mass is 32.2. The topological polar surface area (TPSA) is 104 Å². The van der Waals surface area contributed by atoms with Crippen molar-refractivity contribution in [2.45, 2.75) is 26.4 Å². The van der Waals surface area contributed by atoms with Gasteiger partial charge in [0.05, 0.1) is 39.7 Å². The van der Waals surface area contributed by atoms with E-state index in [1.807, 2.05) is 21.1 Å². The van der Waals surface area contributed by atoms with Crippen molar-refractivity contribution in [3.63, 3.8) is 0 Å². The van der Waals surface area contributed by atoms with Crippen molar-refractivity contribution in [1.29, 1.82) is 0 Å². The minimum atomic E-state index is -1.12. The van der Waals surface area contributed by atoms with Gasteiger partial charge in [-0.05, 0) is 24.2 Å². The number of quaternary nitrogens is 1. The Morgan fingerprint density at radius 3 is 2.55 bits per heavy atom. The molecule has 0 bridgehead atoms. The number of esters is 2. The molecular weight excluding hydrogens is 422 g/mol. The van der Waals surface area contributed by atoms with Crippen molar-refractivity contribution in [2.75, 3.05) is 53.7 Å². The fourth-order valence-electron chi connectivity index (χ4n) is 2.40. The Labute approximate surface area is 188 Å². The SMILES string of the molecule is CSOCC(C)(C)C(OC(=O)c1cccnc1)C(=O)NCCC(=O)OCC[N+](C)(C)C. The maximum atomic E-state index is 12.8. The first-order valence-corrected chi connectivity index (χ1v) is 11.1. The number of amides is 1. The summed E-state index contributed by atoms with van der Waals surface area (Å²) in [7, 11) is 6.01. The predicted molar refractivity (Wildman–Crippen MR) is 118 cm³/mol. The Hall–Kier alpha value is -2.17. The maximum absolute atomic E-state index is 12.8. The van der Waals surface area contributed by atoms with Gasteiger partial charge in [-0.2, -0.15) is 0 Å². The molecule has 0 fully saturated rings. The molecule has 1 unspecified atom stereocenters. The molecule has 0 saturated carbocycles. The Kier molecular flexibility index (Phi) is 10.9. The van der Waals surface area contributed by atoms with E-state index in [9.17, 15) is 14.4 Å². The van der Waals surface area contributed by atoms with Gasteiger partial charge in [0.25, 0.3) is 5.91 Å². The van der Waals surface area contributed by atoms with Crippen LogP contribution in [0, 0.1) is 5.41 Å². The number of pyridine rings is 1. The Balaban J connectivity index is 2.69. The molecule has 1 atom stereocenters. The van der Waals surface area contributed by atoms with Crippen molar-refractivity contribution in [3.8, 4) is 0 Å². The molecule has 1 aromatic rings. The van der Waals surface area contributed by atoms with E-state index in [2.05, 4.69) is 10.3 Å². The number of carbonyl (C=O) groups excluding carboxylic acids is 3. The minimum Gasteiger partial charge on any atom is -0.460 e. The highest BCUT2D eigenvalue weighted by Crippen LogP contribution is 2.26. The highest BCUT2D eigenvalue weighted by Gasteiger charge is 2.39. The van der Waals surface area contributed by atoms with E-state index in [0.29, 0.717) is 17.6 Å². The van der Waals surface area contributed by atoms with E-state index in [1.165, 1.54) is 12.4 Å². The highest BCUT2D eigenvalue weighted by molar-refractivity contribution is 7.93. The van der Waals surface area contributed by atoms with Crippen LogP contribution < -0.4 is 5.32 Å². The second-order valence-electron chi connectivity index (χ2n) is 8.72. The van der Waals surface area contributed by atoms with Crippen LogP contribution in [-0.4, -0.2) is 87.1 Å². The lowest BCUT2D eigenvalue weighted by Crippen LogP contribution is -2.48. The molecule has 10 heteroatoms. The van der Waals surface area contributed by atoms with Gasteiger partial charge in [-0.3, -0.25) is 14.6 Å². The molecule has 0 radical (unpaired) electrons. The monoisotopic (exact) mass is 456 g/mol. The number of hydrogen-bond acceptors (Lipinski definition) is 8. The molecule has 0 aromatic carbocycles. The first-order valence-electron chi connectivity index (χ1n) is 9.96. The summed E-state index contributed by atoms with van der Waals surface area (Å²) in [6.07, 6.45) is 3.57. The fraction of sp³-hybridized carbons (Fsp3) is 0.619. The third kappa shape index (κ3) is 10.6. The number of rotatable bonds is 13. The molecule has 9 nitrogen and oxygen atoms in total. The van der Waals surface area contributed by atoms with Gasteiger partial charge in [0.1, 0.15) is 13.2 Å². The standard InChI is InChI=1S/C21H33N3O6S/c1-21(2,15-29-31-6)18(30-20(27)16-8-7-10-22-14-16)19(26)23-11-9-17(25)28-13-12-24(3,4)5/h7-8,10,14,18H,9,11-13,15H2,1-6H3/p+1. The van der Waals surface area contributed by atoms with E-state index in [1.54, 1.807) is 32.2 Å². The molecule has 174 valence electrons. The van der Waals surface area contributed by atoms with E-state index in [4.69, 9.17) is 13.7 Å². The van der Waals surface area contributed by atoms with Gasteiger partial charge < -0.3 is 23.5 Å². The third-order valence-electron chi connectivity index (χ3n) is 4.27. The normalized spacial score (nSPS) is 12.7. The number of hydrogen-bond donors (Lipinski definition) is 1. The van der Waals surface area contributed by atoms with Crippen LogP contribution in [0.2, 0.25) is 0 Å². The van der Waals surface area contributed by atoms with Crippen LogP contribution in [0.1, 0.15) is 30.6 Å². The van der Waals surface area contributed by atoms with Gasteiger partial charge in [0.2, 0.25) is 0 Å². The molecule has 0 aliphatic heterocycles. The third-order valence-corrected chi connectivity index (χ3v) is 4.63. The van der Waals surface area contributed by atoms with Crippen molar-refractivity contribution in [1.82, 2.24) is 10.3 Å². The molecule has 1 N–H and O–H groups in total. The molecule has 1 heterocycles. The zero-order valence-electron chi connectivity index (χ0n) is 19.2. The summed E-state index contributed by atoms with van der Waals surface area (Å²) in [4.78, 5) is 41.1. The molecular formula is C21H34N3O6S+. The number of likely N-dealkylation sites (N-methyl/N-ethyl adjacent to an activating group) is 1. The van der Waals surface area contributed by atoms with Crippen LogP contribution >= 0.6 is 12.0 Å². The fourth-order valence-corrected chi connectivity index (χ4v) is 2.82. The van der Waals surface area contributed by atoms with E-state index < -0.39 is 29.4 Å². The smallest absolute Gasteiger partial charge is 0.340 e. The van der Waals surface area contributed by atoms with Crippen LogP contribution in [0.15, 0.2) is 24.5 Å². The quantitative estimate of drug-likeness (QED) is 0.272. The zero-order chi connectivity index (χ0) is 23.5. The number of ether oxygens (including phenoxy) is 2. The molecule has 0 spiro atoms. The molecule has 1 rings (SSSR count). The number of nitrogens with one attached hydrogen (secondary N) is 1. The Morgan fingerprint density at radius 1 is 1.26 bits per heavy atom. The van der Waals surface area contributed by atoms with Gasteiger partial charge in [-0.15, -0.1) is 0 Å². The summed E-state index contributed by atoms with van der Waals surface area (Å²) >= 11 is 1.16. The molecule has 0 aliphatic rings. The Morgan fingerprint density at radius 2 is 1.97 bits per heavy atom. The molecule has 31 heavy (non-hydrogen) atoms. The summed E-state index contributed by atoms with van der Waals surface area (Å²) in [5.41, 5.74) is -0.571. The number of carbonyl (C=O) groups is 3. The summed E-state index contributed by atoms with van der Waals surface area (Å²) in [5.74, 6) is -1.57. The lowest BCUT2D eigenvalue weighted by atomic mass is 9.86. The van der Waals surface area contributed by atoms with Crippen LogP contribution in [0.4, 0.5) is 0 Å². The second-order valence-corrected chi connectivity index (χ2v) is 9.29.